The molecule has 0 spiro atoms. The summed E-state index contributed by atoms with van der Waals surface area (Å²) in [5.41, 5.74) is 0.763. The third kappa shape index (κ3) is 7.94. The molecule has 4 rings (SSSR count). The normalized spacial score (nSPS) is 22.5. The van der Waals surface area contributed by atoms with Crippen LogP contribution in [0.4, 0.5) is 17.6 Å². The first-order chi connectivity index (χ1) is 20.3. The minimum atomic E-state index is -1.28. The first-order valence-electron chi connectivity index (χ1n) is 15.4. The zero-order chi connectivity index (χ0) is 30.1. The highest BCUT2D eigenvalue weighted by Gasteiger charge is 2.33. The summed E-state index contributed by atoms with van der Waals surface area (Å²) in [6.07, 6.45) is 10.2. The van der Waals surface area contributed by atoms with E-state index in [-0.39, 0.29) is 30.3 Å². The Morgan fingerprint density at radius 2 is 1.36 bits per heavy atom. The molecule has 0 bridgehead atoms. The largest absolute Gasteiger partial charge is 0.490 e. The Labute approximate surface area is 246 Å². The minimum absolute atomic E-state index is 0.0202. The van der Waals surface area contributed by atoms with Crippen LogP contribution in [0.25, 0.3) is 0 Å². The fraction of sp³-hybridized carbons (Fsp3) is 0.559. The maximum Gasteiger partial charge on any atom is 0.314 e. The lowest BCUT2D eigenvalue weighted by molar-refractivity contribution is -0.140. The fourth-order valence-corrected chi connectivity index (χ4v) is 6.09. The summed E-state index contributed by atoms with van der Waals surface area (Å²) in [7, 11) is 0. The molecule has 0 N–H and O–H groups in total. The SMILES string of the molecule is C=CCCCOc1ccc(OC(=O)C2CCC(c3ccc(C4CCC(OCCCC)CC4)c(F)c3F)CC2)c(F)c1F. The summed E-state index contributed by atoms with van der Waals surface area (Å²) in [5.74, 6) is -6.27. The van der Waals surface area contributed by atoms with Crippen LogP contribution in [0, 0.1) is 29.2 Å². The molecule has 2 aliphatic rings. The first kappa shape index (κ1) is 32.1. The van der Waals surface area contributed by atoms with Crippen LogP contribution in [-0.4, -0.2) is 25.3 Å². The van der Waals surface area contributed by atoms with Gasteiger partial charge < -0.3 is 14.2 Å². The molecule has 0 radical (unpaired) electrons. The number of allylic oxidation sites excluding steroid dienone is 1. The van der Waals surface area contributed by atoms with E-state index in [0.717, 1.165) is 45.1 Å². The summed E-state index contributed by atoms with van der Waals surface area (Å²) in [4.78, 5) is 12.7. The number of esters is 1. The van der Waals surface area contributed by atoms with Crippen LogP contribution < -0.4 is 9.47 Å². The van der Waals surface area contributed by atoms with Gasteiger partial charge in [0.2, 0.25) is 11.6 Å². The zero-order valence-corrected chi connectivity index (χ0v) is 24.4. The summed E-state index contributed by atoms with van der Waals surface area (Å²) >= 11 is 0. The highest BCUT2D eigenvalue weighted by molar-refractivity contribution is 5.75. The first-order valence-corrected chi connectivity index (χ1v) is 15.4. The van der Waals surface area contributed by atoms with Crippen LogP contribution >= 0.6 is 0 Å². The molecule has 0 heterocycles. The quantitative estimate of drug-likeness (QED) is 0.0767. The van der Waals surface area contributed by atoms with Crippen molar-refractivity contribution in [3.8, 4) is 11.5 Å². The Morgan fingerprint density at radius 1 is 0.786 bits per heavy atom. The molecule has 2 aromatic carbocycles. The van der Waals surface area contributed by atoms with E-state index < -0.39 is 40.9 Å². The molecule has 0 saturated heterocycles. The van der Waals surface area contributed by atoms with Crippen LogP contribution in [0.3, 0.4) is 0 Å². The Hall–Kier alpha value is -2.87. The molecule has 0 atom stereocenters. The van der Waals surface area contributed by atoms with Gasteiger partial charge in [0.25, 0.3) is 0 Å². The Morgan fingerprint density at radius 3 is 1.95 bits per heavy atom. The van der Waals surface area contributed by atoms with Gasteiger partial charge >= 0.3 is 5.97 Å². The molecular formula is C34H42F4O4. The second kappa shape index (κ2) is 15.6. The van der Waals surface area contributed by atoms with Crippen molar-refractivity contribution in [1.82, 2.24) is 0 Å². The third-order valence-corrected chi connectivity index (χ3v) is 8.64. The summed E-state index contributed by atoms with van der Waals surface area (Å²) < 4.78 is 75.8. The monoisotopic (exact) mass is 590 g/mol. The van der Waals surface area contributed by atoms with Crippen LogP contribution in [-0.2, 0) is 9.53 Å². The second-order valence-corrected chi connectivity index (χ2v) is 11.5. The van der Waals surface area contributed by atoms with Crippen LogP contribution in [0.1, 0.15) is 107 Å². The Balaban J connectivity index is 1.29. The number of halogens is 4. The average molecular weight is 591 g/mol. The zero-order valence-electron chi connectivity index (χ0n) is 24.4. The summed E-state index contributed by atoms with van der Waals surface area (Å²) in [5, 5.41) is 0. The van der Waals surface area contributed by atoms with Crippen molar-refractivity contribution in [3.05, 3.63) is 71.3 Å². The Bertz CT molecular complexity index is 1200. The van der Waals surface area contributed by atoms with Gasteiger partial charge in [0.05, 0.1) is 18.6 Å². The smallest absolute Gasteiger partial charge is 0.314 e. The number of hydrogen-bond donors (Lipinski definition) is 0. The number of carbonyl (C=O) groups excluding carboxylic acids is 1. The van der Waals surface area contributed by atoms with Gasteiger partial charge in [-0.1, -0.05) is 31.6 Å². The van der Waals surface area contributed by atoms with E-state index in [1.807, 2.05) is 0 Å². The second-order valence-electron chi connectivity index (χ2n) is 11.5. The number of benzene rings is 2. The lowest BCUT2D eigenvalue weighted by atomic mass is 9.77. The van der Waals surface area contributed by atoms with Gasteiger partial charge in [0.15, 0.2) is 23.1 Å². The van der Waals surface area contributed by atoms with E-state index in [1.165, 1.54) is 12.1 Å². The standard InChI is InChI=1S/C34H42F4O4/c1-3-5-7-21-41-28-18-19-29(33(38)32(28)37)42-34(39)24-10-8-22(9-11-24)26-16-17-27(31(36)30(26)35)23-12-14-25(15-13-23)40-20-6-4-2/h3,16-19,22-25H,1,4-15,20-21H2,2H3. The van der Waals surface area contributed by atoms with Crippen molar-refractivity contribution in [2.45, 2.75) is 102 Å². The number of unbranched alkanes of at least 4 members (excludes halogenated alkanes) is 2. The molecule has 0 amide bonds. The molecule has 8 heteroatoms. The molecule has 2 aliphatic carbocycles. The summed E-state index contributed by atoms with van der Waals surface area (Å²) in [6, 6.07) is 5.83. The molecule has 4 nitrogen and oxygen atoms in total. The molecule has 230 valence electrons. The predicted molar refractivity (Wildman–Crippen MR) is 154 cm³/mol. The molecule has 2 saturated carbocycles. The van der Waals surface area contributed by atoms with Gasteiger partial charge in [-0.3, -0.25) is 4.79 Å². The van der Waals surface area contributed by atoms with Crippen LogP contribution in [0.15, 0.2) is 36.9 Å². The molecule has 0 aromatic heterocycles. The van der Waals surface area contributed by atoms with Crippen molar-refractivity contribution in [2.24, 2.45) is 5.92 Å². The van der Waals surface area contributed by atoms with Gasteiger partial charge in [-0.15, -0.1) is 6.58 Å². The average Bonchev–Trinajstić information content (AvgIpc) is 3.00. The lowest BCUT2D eigenvalue weighted by Gasteiger charge is -2.30. The number of hydrogen-bond acceptors (Lipinski definition) is 4. The number of ether oxygens (including phenoxy) is 3. The van der Waals surface area contributed by atoms with E-state index in [0.29, 0.717) is 49.7 Å². The van der Waals surface area contributed by atoms with Crippen molar-refractivity contribution < 1.29 is 36.6 Å². The molecule has 0 aliphatic heterocycles. The highest BCUT2D eigenvalue weighted by Crippen LogP contribution is 2.41. The minimum Gasteiger partial charge on any atom is -0.490 e. The third-order valence-electron chi connectivity index (χ3n) is 8.64. The fourth-order valence-electron chi connectivity index (χ4n) is 6.09. The van der Waals surface area contributed by atoms with Crippen molar-refractivity contribution in [2.75, 3.05) is 13.2 Å². The number of rotatable bonds is 13. The highest BCUT2D eigenvalue weighted by atomic mass is 19.2. The maximum atomic E-state index is 15.3. The van der Waals surface area contributed by atoms with Gasteiger partial charge in [-0.2, -0.15) is 8.78 Å². The van der Waals surface area contributed by atoms with E-state index in [9.17, 15) is 13.6 Å². The Kier molecular flexibility index (Phi) is 11.9. The van der Waals surface area contributed by atoms with Crippen LogP contribution in [0.2, 0.25) is 0 Å². The topological polar surface area (TPSA) is 44.8 Å². The molecular weight excluding hydrogens is 548 g/mol. The van der Waals surface area contributed by atoms with Crippen molar-refractivity contribution in [3.63, 3.8) is 0 Å². The number of carbonyl (C=O) groups is 1. The molecule has 42 heavy (non-hydrogen) atoms. The van der Waals surface area contributed by atoms with E-state index in [1.54, 1.807) is 18.2 Å². The maximum absolute atomic E-state index is 15.3. The summed E-state index contributed by atoms with van der Waals surface area (Å²) in [6.45, 7) is 6.67. The molecule has 2 fully saturated rings. The van der Waals surface area contributed by atoms with Gasteiger partial charge in [-0.25, -0.2) is 8.78 Å². The van der Waals surface area contributed by atoms with Crippen molar-refractivity contribution in [1.29, 1.82) is 0 Å². The van der Waals surface area contributed by atoms with Gasteiger partial charge in [-0.05, 0) is 106 Å². The van der Waals surface area contributed by atoms with Crippen molar-refractivity contribution >= 4 is 5.97 Å². The molecule has 2 aromatic rings. The van der Waals surface area contributed by atoms with Crippen LogP contribution in [0.5, 0.6) is 11.5 Å². The van der Waals surface area contributed by atoms with E-state index in [4.69, 9.17) is 14.2 Å². The van der Waals surface area contributed by atoms with Gasteiger partial charge in [0.1, 0.15) is 0 Å². The molecule has 0 unspecified atom stereocenters. The van der Waals surface area contributed by atoms with E-state index >= 15 is 8.78 Å². The van der Waals surface area contributed by atoms with Gasteiger partial charge in [0, 0.05) is 6.61 Å². The predicted octanol–water partition coefficient (Wildman–Crippen LogP) is 9.31. The lowest BCUT2D eigenvalue weighted by Crippen LogP contribution is -2.26. The van der Waals surface area contributed by atoms with E-state index in [2.05, 4.69) is 13.5 Å².